The molecule has 2 aliphatic heterocycles. The first-order valence-electron chi connectivity index (χ1n) is 11.5. The highest BCUT2D eigenvalue weighted by Gasteiger charge is 2.18. The van der Waals surface area contributed by atoms with Gasteiger partial charge in [0.1, 0.15) is 17.9 Å². The summed E-state index contributed by atoms with van der Waals surface area (Å²) in [4.78, 5) is 11.6. The third-order valence-electron chi connectivity index (χ3n) is 6.23. The van der Waals surface area contributed by atoms with Gasteiger partial charge in [0.15, 0.2) is 0 Å². The molecule has 0 spiro atoms. The number of nitrogens with one attached hydrogen (secondary N) is 1. The molecule has 0 amide bonds. The van der Waals surface area contributed by atoms with Gasteiger partial charge < -0.3 is 15.0 Å². The lowest BCUT2D eigenvalue weighted by molar-refractivity contribution is 0.238. The Kier molecular flexibility index (Phi) is 6.09. The van der Waals surface area contributed by atoms with Crippen LogP contribution < -0.4 is 10.1 Å². The van der Waals surface area contributed by atoms with E-state index in [1.54, 1.807) is 0 Å². The first kappa shape index (κ1) is 21.6. The van der Waals surface area contributed by atoms with Crippen molar-refractivity contribution in [3.8, 4) is 5.75 Å². The minimum absolute atomic E-state index is 0.475. The maximum absolute atomic E-state index is 5.89. The van der Waals surface area contributed by atoms with E-state index >= 15 is 0 Å². The summed E-state index contributed by atoms with van der Waals surface area (Å²) in [6.45, 7) is 10.2. The smallest absolute Gasteiger partial charge is 0.308 e. The summed E-state index contributed by atoms with van der Waals surface area (Å²) in [6, 6.07) is 12.1. The number of rotatable bonds is 7. The number of hydrogen-bond acceptors (Lipinski definition) is 7. The molecule has 167 valence electrons. The predicted molar refractivity (Wildman–Crippen MR) is 134 cm³/mol. The predicted octanol–water partition coefficient (Wildman–Crippen LogP) is 4.38. The number of allylic oxidation sites excluding steroid dienone is 2. The second-order valence-electron chi connectivity index (χ2n) is 8.74. The Balaban J connectivity index is 1.27. The first-order chi connectivity index (χ1) is 16.1. The topological polar surface area (TPSA) is 75.5 Å². The highest BCUT2D eigenvalue weighted by atomic mass is 16.5. The molecule has 0 saturated carbocycles. The number of benzene rings is 2. The number of hydrogen-bond donors (Lipinski definition) is 1. The fraction of sp³-hybridized carbons (Fsp3) is 0.360. The summed E-state index contributed by atoms with van der Waals surface area (Å²) in [6.07, 6.45) is 2.61. The summed E-state index contributed by atoms with van der Waals surface area (Å²) < 4.78 is 5.89. The van der Waals surface area contributed by atoms with E-state index in [0.717, 1.165) is 56.9 Å². The molecule has 2 aliphatic rings. The van der Waals surface area contributed by atoms with Crippen LogP contribution in [0, 0.1) is 6.92 Å². The van der Waals surface area contributed by atoms with E-state index < -0.39 is 0 Å². The van der Waals surface area contributed by atoms with Gasteiger partial charge in [0.2, 0.25) is 5.95 Å². The molecule has 8 heteroatoms. The molecule has 33 heavy (non-hydrogen) atoms. The maximum atomic E-state index is 5.89. The second kappa shape index (κ2) is 9.31. The van der Waals surface area contributed by atoms with E-state index in [1.165, 1.54) is 25.9 Å². The third-order valence-corrected chi connectivity index (χ3v) is 6.23. The van der Waals surface area contributed by atoms with Crippen LogP contribution in [0.5, 0.6) is 5.75 Å². The first-order valence-corrected chi connectivity index (χ1v) is 11.5. The number of aryl methyl sites for hydroxylation is 1. The lowest BCUT2D eigenvalue weighted by atomic mass is 9.82. The normalized spacial score (nSPS) is 16.3. The number of ether oxygens (including phenoxy) is 1. The molecule has 0 bridgehead atoms. The Labute approximate surface area is 195 Å². The second-order valence-corrected chi connectivity index (χ2v) is 8.74. The van der Waals surface area contributed by atoms with Crippen LogP contribution in [0.4, 0.5) is 11.6 Å². The summed E-state index contributed by atoms with van der Waals surface area (Å²) in [5.74, 6) is 1.34. The van der Waals surface area contributed by atoms with Crippen LogP contribution in [0.25, 0.3) is 16.6 Å². The van der Waals surface area contributed by atoms with Crippen molar-refractivity contribution in [3.05, 3.63) is 53.0 Å². The van der Waals surface area contributed by atoms with E-state index in [4.69, 9.17) is 9.72 Å². The van der Waals surface area contributed by atoms with Crippen molar-refractivity contribution in [2.45, 2.75) is 33.6 Å². The Bertz CT molecular complexity index is 1230. The lowest BCUT2D eigenvalue weighted by Crippen LogP contribution is -2.25. The Hall–Kier alpha value is -3.26. The third kappa shape index (κ3) is 4.76. The molecular formula is C25H28BN6O. The standard InChI is InChI=1S/C25H28BN6O/c1-16-14-19(23-17(2)26-29-18(23)3)15-22-24(16)28-25(31-30-22)27-20-6-8-21(9-7-20)33-13-12-32-10-4-5-11-32/h6-9,14-15H,4-5,10-13H2,1-3H3,(H,27,28,31). The van der Waals surface area contributed by atoms with Crippen LogP contribution in [0.15, 0.2) is 46.8 Å². The zero-order valence-electron chi connectivity index (χ0n) is 19.4. The quantitative estimate of drug-likeness (QED) is 0.551. The van der Waals surface area contributed by atoms with Gasteiger partial charge in [-0.25, -0.2) is 4.98 Å². The monoisotopic (exact) mass is 439 g/mol. The van der Waals surface area contributed by atoms with Crippen molar-refractivity contribution in [2.24, 2.45) is 4.90 Å². The molecule has 1 fully saturated rings. The highest BCUT2D eigenvalue weighted by molar-refractivity contribution is 6.57. The van der Waals surface area contributed by atoms with E-state index in [1.807, 2.05) is 44.7 Å². The molecular weight excluding hydrogens is 411 g/mol. The van der Waals surface area contributed by atoms with E-state index in [-0.39, 0.29) is 0 Å². The molecule has 1 saturated heterocycles. The molecule has 0 atom stereocenters. The van der Waals surface area contributed by atoms with Crippen LogP contribution in [-0.4, -0.2) is 59.4 Å². The van der Waals surface area contributed by atoms with Gasteiger partial charge in [-0.3, -0.25) is 4.90 Å². The Morgan fingerprint density at radius 3 is 2.55 bits per heavy atom. The Morgan fingerprint density at radius 2 is 1.82 bits per heavy atom. The SMILES string of the molecule is CC1=N[B]C(C)=C1c1cc(C)c2nc(Nc3ccc(OCCN4CCCC4)cc3)nnc2c1. The summed E-state index contributed by atoms with van der Waals surface area (Å²) in [7, 11) is 1.91. The zero-order chi connectivity index (χ0) is 22.8. The molecule has 0 aliphatic carbocycles. The van der Waals surface area contributed by atoms with Crippen molar-refractivity contribution < 1.29 is 4.74 Å². The lowest BCUT2D eigenvalue weighted by Gasteiger charge is -2.15. The van der Waals surface area contributed by atoms with Gasteiger partial charge in [-0.1, -0.05) is 5.47 Å². The van der Waals surface area contributed by atoms with Crippen molar-refractivity contribution in [2.75, 3.05) is 31.6 Å². The van der Waals surface area contributed by atoms with Crippen LogP contribution in [0.1, 0.15) is 37.8 Å². The molecule has 7 nitrogen and oxygen atoms in total. The van der Waals surface area contributed by atoms with Crippen molar-refractivity contribution in [1.29, 1.82) is 0 Å². The zero-order valence-corrected chi connectivity index (χ0v) is 19.4. The van der Waals surface area contributed by atoms with Crippen LogP contribution in [0.3, 0.4) is 0 Å². The van der Waals surface area contributed by atoms with Gasteiger partial charge in [-0.15, -0.1) is 10.2 Å². The molecule has 5 rings (SSSR count). The number of likely N-dealkylation sites (tertiary alicyclic amines) is 1. The van der Waals surface area contributed by atoms with Gasteiger partial charge in [-0.05, 0) is 99.8 Å². The van der Waals surface area contributed by atoms with E-state index in [2.05, 4.69) is 45.2 Å². The van der Waals surface area contributed by atoms with Gasteiger partial charge in [0, 0.05) is 17.9 Å². The van der Waals surface area contributed by atoms with Gasteiger partial charge >= 0.3 is 7.41 Å². The van der Waals surface area contributed by atoms with Crippen molar-refractivity contribution in [1.82, 2.24) is 20.1 Å². The summed E-state index contributed by atoms with van der Waals surface area (Å²) >= 11 is 0. The average molecular weight is 439 g/mol. The Morgan fingerprint density at radius 1 is 1.03 bits per heavy atom. The molecule has 1 N–H and O–H groups in total. The van der Waals surface area contributed by atoms with E-state index in [9.17, 15) is 0 Å². The molecule has 1 aromatic heterocycles. The van der Waals surface area contributed by atoms with Gasteiger partial charge in [-0.2, -0.15) is 0 Å². The van der Waals surface area contributed by atoms with Crippen molar-refractivity contribution >= 4 is 41.4 Å². The largest absolute Gasteiger partial charge is 0.492 e. The van der Waals surface area contributed by atoms with Crippen LogP contribution in [0.2, 0.25) is 0 Å². The number of nitrogens with zero attached hydrogens (tertiary/aromatic N) is 5. The fourth-order valence-corrected chi connectivity index (χ4v) is 4.52. The summed E-state index contributed by atoms with van der Waals surface area (Å²) in [5.41, 5.74) is 8.01. The molecule has 3 heterocycles. The van der Waals surface area contributed by atoms with E-state index in [0.29, 0.717) is 12.6 Å². The van der Waals surface area contributed by atoms with Crippen LogP contribution >= 0.6 is 0 Å². The van der Waals surface area contributed by atoms with Gasteiger partial charge in [0.25, 0.3) is 0 Å². The van der Waals surface area contributed by atoms with Crippen molar-refractivity contribution in [3.63, 3.8) is 0 Å². The van der Waals surface area contributed by atoms with Gasteiger partial charge in [0.05, 0.1) is 5.52 Å². The molecule has 0 unspecified atom stereocenters. The van der Waals surface area contributed by atoms with Crippen LogP contribution in [-0.2, 0) is 0 Å². The minimum atomic E-state index is 0.475. The number of anilines is 2. The molecule has 1 radical (unpaired) electrons. The average Bonchev–Trinajstić information content (AvgIpc) is 3.45. The number of aromatic nitrogens is 3. The molecule has 2 aromatic carbocycles. The maximum Gasteiger partial charge on any atom is 0.308 e. The number of fused-ring (bicyclic) bond motifs is 1. The fourth-order valence-electron chi connectivity index (χ4n) is 4.52. The summed E-state index contributed by atoms with van der Waals surface area (Å²) in [5, 5.41) is 12.0. The minimum Gasteiger partial charge on any atom is -0.492 e. The highest BCUT2D eigenvalue weighted by Crippen LogP contribution is 2.29. The molecule has 3 aromatic rings.